The Bertz CT molecular complexity index is 533. The van der Waals surface area contributed by atoms with Gasteiger partial charge in [-0.15, -0.1) is 0 Å². The molecule has 2 aromatic rings. The van der Waals surface area contributed by atoms with Crippen LogP contribution in [-0.2, 0) is 4.79 Å². The lowest BCUT2D eigenvalue weighted by Gasteiger charge is -2.21. The van der Waals surface area contributed by atoms with Gasteiger partial charge >= 0.3 is 5.97 Å². The van der Waals surface area contributed by atoms with E-state index in [1.165, 1.54) is 12.7 Å². The van der Waals surface area contributed by atoms with Crippen molar-refractivity contribution in [3.63, 3.8) is 0 Å². The second-order valence-electron chi connectivity index (χ2n) is 3.88. The van der Waals surface area contributed by atoms with Crippen molar-refractivity contribution in [2.24, 2.45) is 0 Å². The summed E-state index contributed by atoms with van der Waals surface area (Å²) in [5.74, 6) is -0.534. The summed E-state index contributed by atoms with van der Waals surface area (Å²) in [7, 11) is 0. The molecule has 0 aliphatic heterocycles. The number of hydrogen-bond acceptors (Lipinski definition) is 5. The molecule has 0 saturated heterocycles. The predicted molar refractivity (Wildman–Crippen MR) is 57.0 cm³/mol. The third-order valence-electron chi connectivity index (χ3n) is 2.19. The van der Waals surface area contributed by atoms with Gasteiger partial charge in [0.05, 0.1) is 6.33 Å². The molecule has 2 aromatic heterocycles. The molecule has 2 heterocycles. The Balaban J connectivity index is 2.41. The van der Waals surface area contributed by atoms with Gasteiger partial charge in [-0.3, -0.25) is 0 Å². The van der Waals surface area contributed by atoms with Gasteiger partial charge in [-0.05, 0) is 13.8 Å². The van der Waals surface area contributed by atoms with Crippen molar-refractivity contribution in [3.8, 4) is 0 Å². The zero-order valence-corrected chi connectivity index (χ0v) is 8.85. The monoisotopic (exact) mass is 221 g/mol. The Morgan fingerprint density at radius 1 is 1.44 bits per heavy atom. The van der Waals surface area contributed by atoms with E-state index in [0.29, 0.717) is 17.0 Å². The molecule has 0 spiro atoms. The fraction of sp³-hybridized carbons (Fsp3) is 0.333. The van der Waals surface area contributed by atoms with Crippen molar-refractivity contribution >= 4 is 23.0 Å². The molecule has 3 N–H and O–H groups in total. The number of carboxylic acid groups (broad SMARTS) is 1. The first-order chi connectivity index (χ1) is 7.50. The van der Waals surface area contributed by atoms with Crippen LogP contribution in [0.3, 0.4) is 0 Å². The molecular formula is C9H11N5O2. The van der Waals surface area contributed by atoms with Crippen LogP contribution in [-0.4, -0.2) is 36.6 Å². The lowest BCUT2D eigenvalue weighted by atomic mass is 10.1. The van der Waals surface area contributed by atoms with Gasteiger partial charge in [0, 0.05) is 0 Å². The molecule has 0 aromatic carbocycles. The van der Waals surface area contributed by atoms with Crippen LogP contribution in [0, 0.1) is 0 Å². The molecule has 0 aliphatic carbocycles. The second kappa shape index (κ2) is 3.44. The number of nitrogens with one attached hydrogen (secondary N) is 2. The van der Waals surface area contributed by atoms with Crippen LogP contribution in [0.15, 0.2) is 12.7 Å². The van der Waals surface area contributed by atoms with Gasteiger partial charge in [0.15, 0.2) is 11.5 Å². The highest BCUT2D eigenvalue weighted by molar-refractivity contribution is 5.87. The number of hydrogen-bond donors (Lipinski definition) is 3. The number of H-pyrrole nitrogens is 1. The van der Waals surface area contributed by atoms with Crippen molar-refractivity contribution in [2.45, 2.75) is 19.4 Å². The van der Waals surface area contributed by atoms with Crippen LogP contribution in [0.5, 0.6) is 0 Å². The zero-order chi connectivity index (χ0) is 11.8. The maximum absolute atomic E-state index is 11.0. The molecule has 0 atom stereocenters. The van der Waals surface area contributed by atoms with Gasteiger partial charge in [0.2, 0.25) is 0 Å². The molecule has 0 radical (unpaired) electrons. The summed E-state index contributed by atoms with van der Waals surface area (Å²) in [6.07, 6.45) is 2.82. The Kier molecular flexibility index (Phi) is 2.22. The Hall–Kier alpha value is -2.18. The summed E-state index contributed by atoms with van der Waals surface area (Å²) in [5.41, 5.74) is -0.0117. The van der Waals surface area contributed by atoms with E-state index < -0.39 is 11.5 Å². The first-order valence-corrected chi connectivity index (χ1v) is 4.66. The standard InChI is InChI=1S/C9H11N5O2/c1-9(2,8(15)16)14-7-5-6(11-3-10-5)12-4-13-7/h3-4H,1-2H3,(H,15,16)(H2,10,11,12,13,14). The summed E-state index contributed by atoms with van der Waals surface area (Å²) < 4.78 is 0. The number of imidazole rings is 1. The van der Waals surface area contributed by atoms with E-state index in [4.69, 9.17) is 5.11 Å². The van der Waals surface area contributed by atoms with E-state index in [-0.39, 0.29) is 0 Å². The van der Waals surface area contributed by atoms with Crippen molar-refractivity contribution in [1.82, 2.24) is 19.9 Å². The van der Waals surface area contributed by atoms with Crippen molar-refractivity contribution in [2.75, 3.05) is 5.32 Å². The number of carbonyl (C=O) groups is 1. The molecule has 0 aliphatic rings. The van der Waals surface area contributed by atoms with E-state index in [0.717, 1.165) is 0 Å². The summed E-state index contributed by atoms with van der Waals surface area (Å²) in [6, 6.07) is 0. The maximum atomic E-state index is 11.0. The van der Waals surface area contributed by atoms with E-state index in [2.05, 4.69) is 25.3 Å². The number of aliphatic carboxylic acids is 1. The fourth-order valence-corrected chi connectivity index (χ4v) is 1.21. The highest BCUT2D eigenvalue weighted by atomic mass is 16.4. The van der Waals surface area contributed by atoms with Gasteiger partial charge < -0.3 is 15.4 Å². The fourth-order valence-electron chi connectivity index (χ4n) is 1.21. The molecule has 0 fully saturated rings. The largest absolute Gasteiger partial charge is 0.480 e. The number of rotatable bonds is 3. The van der Waals surface area contributed by atoms with E-state index in [1.807, 2.05) is 0 Å². The summed E-state index contributed by atoms with van der Waals surface area (Å²) >= 11 is 0. The third kappa shape index (κ3) is 1.67. The van der Waals surface area contributed by atoms with Gasteiger partial charge in [-0.25, -0.2) is 19.7 Å². The van der Waals surface area contributed by atoms with Gasteiger partial charge in [-0.2, -0.15) is 0 Å². The lowest BCUT2D eigenvalue weighted by molar-refractivity contribution is -0.141. The van der Waals surface area contributed by atoms with E-state index in [1.54, 1.807) is 13.8 Å². The second-order valence-corrected chi connectivity index (χ2v) is 3.88. The topological polar surface area (TPSA) is 104 Å². The maximum Gasteiger partial charge on any atom is 0.328 e. The number of aromatic amines is 1. The molecule has 84 valence electrons. The highest BCUT2D eigenvalue weighted by Gasteiger charge is 2.28. The molecule has 7 heteroatoms. The van der Waals surface area contributed by atoms with Crippen molar-refractivity contribution in [3.05, 3.63) is 12.7 Å². The molecule has 2 rings (SSSR count). The van der Waals surface area contributed by atoms with Crippen LogP contribution in [0.25, 0.3) is 11.2 Å². The Labute approximate surface area is 90.9 Å². The highest BCUT2D eigenvalue weighted by Crippen LogP contribution is 2.19. The number of aromatic nitrogens is 4. The van der Waals surface area contributed by atoms with Crippen LogP contribution in [0.1, 0.15) is 13.8 Å². The van der Waals surface area contributed by atoms with Crippen LogP contribution >= 0.6 is 0 Å². The van der Waals surface area contributed by atoms with Crippen molar-refractivity contribution < 1.29 is 9.90 Å². The summed E-state index contributed by atoms with van der Waals surface area (Å²) in [6.45, 7) is 3.11. The molecule has 0 amide bonds. The van der Waals surface area contributed by atoms with E-state index >= 15 is 0 Å². The summed E-state index contributed by atoms with van der Waals surface area (Å²) in [5, 5.41) is 11.8. The van der Waals surface area contributed by atoms with Gasteiger partial charge in [0.1, 0.15) is 17.4 Å². The number of anilines is 1. The molecule has 0 saturated carbocycles. The van der Waals surface area contributed by atoms with Crippen LogP contribution in [0.2, 0.25) is 0 Å². The first kappa shape index (κ1) is 10.3. The zero-order valence-electron chi connectivity index (χ0n) is 8.85. The minimum absolute atomic E-state index is 0.426. The minimum atomic E-state index is -1.10. The van der Waals surface area contributed by atoms with Crippen molar-refractivity contribution in [1.29, 1.82) is 0 Å². The van der Waals surface area contributed by atoms with Crippen LogP contribution < -0.4 is 5.32 Å². The van der Waals surface area contributed by atoms with Crippen LogP contribution in [0.4, 0.5) is 5.82 Å². The first-order valence-electron chi connectivity index (χ1n) is 4.66. The molecule has 16 heavy (non-hydrogen) atoms. The number of nitrogens with zero attached hydrogens (tertiary/aromatic N) is 3. The Morgan fingerprint density at radius 3 is 2.88 bits per heavy atom. The third-order valence-corrected chi connectivity index (χ3v) is 2.19. The summed E-state index contributed by atoms with van der Waals surface area (Å²) in [4.78, 5) is 25.7. The average molecular weight is 221 g/mol. The normalized spacial score (nSPS) is 11.6. The SMILES string of the molecule is CC(C)(Nc1ncnc2nc[nH]c12)C(=O)O. The predicted octanol–water partition coefficient (Wildman–Crippen LogP) is 0.628. The van der Waals surface area contributed by atoms with Gasteiger partial charge in [-0.1, -0.05) is 0 Å². The van der Waals surface area contributed by atoms with Gasteiger partial charge in [0.25, 0.3) is 0 Å². The quantitative estimate of drug-likeness (QED) is 0.702. The Morgan fingerprint density at radius 2 is 2.19 bits per heavy atom. The number of carboxylic acids is 1. The van der Waals surface area contributed by atoms with E-state index in [9.17, 15) is 4.79 Å². The molecule has 7 nitrogen and oxygen atoms in total. The molecular weight excluding hydrogens is 210 g/mol. The minimum Gasteiger partial charge on any atom is -0.480 e. The molecule has 0 bridgehead atoms. The lowest BCUT2D eigenvalue weighted by Crippen LogP contribution is -2.40. The number of fused-ring (bicyclic) bond motifs is 1. The smallest absolute Gasteiger partial charge is 0.328 e. The molecule has 0 unspecified atom stereocenters. The average Bonchev–Trinajstić information content (AvgIpc) is 2.65.